The minimum Gasteiger partial charge on any atom is -0.351 e. The Bertz CT molecular complexity index is 524. The quantitative estimate of drug-likeness (QED) is 0.930. The number of carbonyl (C=O) groups is 1. The molecule has 0 aliphatic carbocycles. The smallest absolute Gasteiger partial charge is 0.273 e. The summed E-state index contributed by atoms with van der Waals surface area (Å²) >= 11 is 7.02. The van der Waals surface area contributed by atoms with Crippen LogP contribution in [0.2, 0.25) is 5.02 Å². The number of hydrogen-bond donors (Lipinski definition) is 1. The van der Waals surface area contributed by atoms with Crippen molar-refractivity contribution in [3.8, 4) is 10.4 Å². The third-order valence-corrected chi connectivity index (χ3v) is 3.17. The molecule has 4 nitrogen and oxygen atoms in total. The summed E-state index contributed by atoms with van der Waals surface area (Å²) in [7, 11) is 0. The van der Waals surface area contributed by atoms with E-state index in [9.17, 15) is 4.79 Å². The summed E-state index contributed by atoms with van der Waals surface area (Å²) in [4.78, 5) is 12.5. The van der Waals surface area contributed by atoms with Crippen molar-refractivity contribution in [1.29, 1.82) is 0 Å². The molecule has 1 heterocycles. The molecule has 0 radical (unpaired) electrons. The molecule has 0 aliphatic rings. The molecule has 0 fully saturated rings. The summed E-state index contributed by atoms with van der Waals surface area (Å²) in [6, 6.07) is 7.25. The maximum atomic E-state index is 11.7. The first kappa shape index (κ1) is 12.0. The van der Waals surface area contributed by atoms with Gasteiger partial charge in [-0.1, -0.05) is 28.2 Å². The Balaban J connectivity index is 2.36. The molecule has 17 heavy (non-hydrogen) atoms. The molecule has 88 valence electrons. The number of benzene rings is 1. The first-order chi connectivity index (χ1) is 8.22. The maximum absolute atomic E-state index is 11.7. The van der Waals surface area contributed by atoms with Gasteiger partial charge < -0.3 is 5.32 Å². The molecule has 0 saturated heterocycles. The van der Waals surface area contributed by atoms with Gasteiger partial charge in [0.15, 0.2) is 5.69 Å². The van der Waals surface area contributed by atoms with Crippen LogP contribution in [0.15, 0.2) is 24.3 Å². The average molecular weight is 268 g/mol. The van der Waals surface area contributed by atoms with E-state index in [2.05, 4.69) is 14.9 Å². The number of nitrogens with one attached hydrogen (secondary N) is 1. The topological polar surface area (TPSA) is 54.9 Å². The monoisotopic (exact) mass is 267 g/mol. The number of aromatic nitrogens is 2. The fourth-order valence-corrected chi connectivity index (χ4v) is 2.17. The normalized spacial score (nSPS) is 10.2. The number of nitrogens with zero attached hydrogens (tertiary/aromatic N) is 2. The zero-order valence-corrected chi connectivity index (χ0v) is 10.7. The molecule has 0 atom stereocenters. The van der Waals surface area contributed by atoms with E-state index in [0.717, 1.165) is 10.4 Å². The molecule has 0 bridgehead atoms. The highest BCUT2D eigenvalue weighted by Gasteiger charge is 2.16. The van der Waals surface area contributed by atoms with E-state index in [1.807, 2.05) is 19.1 Å². The van der Waals surface area contributed by atoms with Crippen LogP contribution in [0.4, 0.5) is 0 Å². The first-order valence-corrected chi connectivity index (χ1v) is 6.24. The van der Waals surface area contributed by atoms with Gasteiger partial charge in [0.2, 0.25) is 0 Å². The molecule has 6 heteroatoms. The van der Waals surface area contributed by atoms with Crippen molar-refractivity contribution >= 4 is 29.0 Å². The SMILES string of the molecule is CCNC(=O)c1nnsc1-c1ccc(Cl)cc1. The Morgan fingerprint density at radius 3 is 2.76 bits per heavy atom. The van der Waals surface area contributed by atoms with Gasteiger partial charge in [-0.2, -0.15) is 0 Å². The van der Waals surface area contributed by atoms with Crippen LogP contribution in [-0.4, -0.2) is 22.0 Å². The van der Waals surface area contributed by atoms with Crippen LogP contribution in [-0.2, 0) is 0 Å². The van der Waals surface area contributed by atoms with Gasteiger partial charge in [0.1, 0.15) is 0 Å². The van der Waals surface area contributed by atoms with Gasteiger partial charge in [-0.05, 0) is 36.2 Å². The van der Waals surface area contributed by atoms with Crippen LogP contribution < -0.4 is 5.32 Å². The Labute approximate surface area is 108 Å². The van der Waals surface area contributed by atoms with Gasteiger partial charge in [0.05, 0.1) is 4.88 Å². The second-order valence-electron chi connectivity index (χ2n) is 3.32. The second kappa shape index (κ2) is 5.25. The van der Waals surface area contributed by atoms with E-state index in [4.69, 9.17) is 11.6 Å². The molecule has 2 rings (SSSR count). The predicted octanol–water partition coefficient (Wildman–Crippen LogP) is 2.61. The standard InChI is InChI=1S/C11H10ClN3OS/c1-2-13-11(16)9-10(17-15-14-9)7-3-5-8(12)6-4-7/h3-6H,2H2,1H3,(H,13,16). The van der Waals surface area contributed by atoms with E-state index in [1.165, 1.54) is 11.5 Å². The van der Waals surface area contributed by atoms with Crippen molar-refractivity contribution in [3.05, 3.63) is 35.0 Å². The van der Waals surface area contributed by atoms with Gasteiger partial charge >= 0.3 is 0 Å². The Kier molecular flexibility index (Phi) is 3.71. The van der Waals surface area contributed by atoms with Crippen LogP contribution >= 0.6 is 23.1 Å². The molecule has 0 aliphatic heterocycles. The van der Waals surface area contributed by atoms with Crippen molar-refractivity contribution in [2.24, 2.45) is 0 Å². The average Bonchev–Trinajstić information content (AvgIpc) is 2.79. The lowest BCUT2D eigenvalue weighted by Crippen LogP contribution is -2.23. The van der Waals surface area contributed by atoms with Crippen LogP contribution in [0.3, 0.4) is 0 Å². The van der Waals surface area contributed by atoms with Crippen molar-refractivity contribution in [1.82, 2.24) is 14.9 Å². The lowest BCUT2D eigenvalue weighted by Gasteiger charge is -2.01. The Hall–Kier alpha value is -1.46. The zero-order chi connectivity index (χ0) is 12.3. The molecule has 0 spiro atoms. The van der Waals surface area contributed by atoms with Crippen LogP contribution in [0.1, 0.15) is 17.4 Å². The van der Waals surface area contributed by atoms with Crippen LogP contribution in [0, 0.1) is 0 Å². The van der Waals surface area contributed by atoms with E-state index in [-0.39, 0.29) is 5.91 Å². The maximum Gasteiger partial charge on any atom is 0.273 e. The van der Waals surface area contributed by atoms with Crippen molar-refractivity contribution in [2.75, 3.05) is 6.54 Å². The fraction of sp³-hybridized carbons (Fsp3) is 0.182. The van der Waals surface area contributed by atoms with Crippen molar-refractivity contribution < 1.29 is 4.79 Å². The lowest BCUT2D eigenvalue weighted by atomic mass is 10.1. The number of rotatable bonds is 3. The number of carbonyl (C=O) groups excluding carboxylic acids is 1. The predicted molar refractivity (Wildman–Crippen MR) is 68.4 cm³/mol. The molecule has 1 aromatic heterocycles. The number of amides is 1. The van der Waals surface area contributed by atoms with E-state index < -0.39 is 0 Å². The summed E-state index contributed by atoms with van der Waals surface area (Å²) in [6.07, 6.45) is 0. The third kappa shape index (κ3) is 2.62. The highest BCUT2D eigenvalue weighted by molar-refractivity contribution is 7.09. The highest BCUT2D eigenvalue weighted by atomic mass is 35.5. The molecule has 2 aromatic rings. The second-order valence-corrected chi connectivity index (χ2v) is 4.51. The van der Waals surface area contributed by atoms with Crippen molar-refractivity contribution in [3.63, 3.8) is 0 Å². The molecular weight excluding hydrogens is 258 g/mol. The van der Waals surface area contributed by atoms with Gasteiger partial charge in [-0.15, -0.1) is 5.10 Å². The third-order valence-electron chi connectivity index (χ3n) is 2.15. The molecule has 1 N–H and O–H groups in total. The van der Waals surface area contributed by atoms with Gasteiger partial charge in [0.25, 0.3) is 5.91 Å². The number of halogens is 1. The molecule has 0 saturated carbocycles. The summed E-state index contributed by atoms with van der Waals surface area (Å²) < 4.78 is 3.82. The summed E-state index contributed by atoms with van der Waals surface area (Å²) in [6.45, 7) is 2.43. The zero-order valence-electron chi connectivity index (χ0n) is 9.11. The highest BCUT2D eigenvalue weighted by Crippen LogP contribution is 2.27. The molecule has 0 unspecified atom stereocenters. The first-order valence-electron chi connectivity index (χ1n) is 5.09. The molecular formula is C11H10ClN3OS. The van der Waals surface area contributed by atoms with Crippen LogP contribution in [0.5, 0.6) is 0 Å². The van der Waals surface area contributed by atoms with Gasteiger partial charge in [-0.25, -0.2) is 0 Å². The Morgan fingerprint density at radius 2 is 2.12 bits per heavy atom. The summed E-state index contributed by atoms with van der Waals surface area (Å²) in [5.41, 5.74) is 1.25. The molecule has 1 amide bonds. The molecule has 1 aromatic carbocycles. The summed E-state index contributed by atoms with van der Waals surface area (Å²) in [5.74, 6) is -0.203. The van der Waals surface area contributed by atoms with Crippen molar-refractivity contribution in [2.45, 2.75) is 6.92 Å². The number of hydrogen-bond acceptors (Lipinski definition) is 4. The minimum absolute atomic E-state index is 0.203. The van der Waals surface area contributed by atoms with E-state index >= 15 is 0 Å². The summed E-state index contributed by atoms with van der Waals surface area (Å²) in [5, 5.41) is 7.22. The minimum atomic E-state index is -0.203. The van der Waals surface area contributed by atoms with E-state index in [0.29, 0.717) is 17.3 Å². The largest absolute Gasteiger partial charge is 0.351 e. The van der Waals surface area contributed by atoms with Crippen LogP contribution in [0.25, 0.3) is 10.4 Å². The van der Waals surface area contributed by atoms with Gasteiger partial charge in [0, 0.05) is 11.6 Å². The van der Waals surface area contributed by atoms with Gasteiger partial charge in [-0.3, -0.25) is 4.79 Å². The van der Waals surface area contributed by atoms with E-state index in [1.54, 1.807) is 12.1 Å². The fourth-order valence-electron chi connectivity index (χ4n) is 1.37. The Morgan fingerprint density at radius 1 is 1.41 bits per heavy atom. The lowest BCUT2D eigenvalue weighted by molar-refractivity contribution is 0.0951.